The van der Waals surface area contributed by atoms with Crippen LogP contribution in [0, 0.1) is 0 Å². The molecule has 0 bridgehead atoms. The zero-order valence-corrected chi connectivity index (χ0v) is 5.48. The van der Waals surface area contributed by atoms with E-state index in [4.69, 9.17) is 4.74 Å². The predicted octanol–water partition coefficient (Wildman–Crippen LogP) is 0.731. The quantitative estimate of drug-likeness (QED) is 0.548. The molecule has 1 fully saturated rings. The summed E-state index contributed by atoms with van der Waals surface area (Å²) in [7, 11) is 0. The first-order valence-corrected chi connectivity index (χ1v) is 3.27. The zero-order valence-electron chi connectivity index (χ0n) is 5.48. The van der Waals surface area contributed by atoms with Crippen LogP contribution in [0.2, 0.25) is 0 Å². The van der Waals surface area contributed by atoms with Gasteiger partial charge in [0, 0.05) is 0 Å². The largest absolute Gasteiger partial charge is 0.353 e. The lowest BCUT2D eigenvalue weighted by Gasteiger charge is -1.89. The highest BCUT2D eigenvalue weighted by atomic mass is 16.6. The Bertz CT molecular complexity index is 74.9. The smallest absolute Gasteiger partial charge is 0.135 e. The second kappa shape index (κ2) is 2.46. The van der Waals surface area contributed by atoms with Crippen LogP contribution in [0.5, 0.6) is 0 Å². The first kappa shape index (κ1) is 6.05. The Kier molecular flexibility index (Phi) is 1.86. The molecule has 0 spiro atoms. The molecule has 0 saturated carbocycles. The molecule has 0 aromatic heterocycles. The van der Waals surface area contributed by atoms with Crippen LogP contribution in [0.4, 0.5) is 0 Å². The van der Waals surface area contributed by atoms with Gasteiger partial charge < -0.3 is 4.74 Å². The minimum Gasteiger partial charge on any atom is -0.353 e. The van der Waals surface area contributed by atoms with E-state index in [2.05, 4.69) is 19.2 Å². The molecule has 1 N–H and O–H groups in total. The zero-order chi connectivity index (χ0) is 5.98. The lowest BCUT2D eigenvalue weighted by atomic mass is 10.3. The Hall–Kier alpha value is -0.0800. The highest BCUT2D eigenvalue weighted by Gasteiger charge is 2.35. The summed E-state index contributed by atoms with van der Waals surface area (Å²) in [5.41, 5.74) is 0. The van der Waals surface area contributed by atoms with E-state index in [0.29, 0.717) is 12.3 Å². The number of ether oxygens (including phenoxy) is 1. The first-order valence-electron chi connectivity index (χ1n) is 3.27. The summed E-state index contributed by atoms with van der Waals surface area (Å²) in [6.07, 6.45) is 2.03. The van der Waals surface area contributed by atoms with Crippen LogP contribution >= 0.6 is 0 Å². The third kappa shape index (κ3) is 1.20. The third-order valence-corrected chi connectivity index (χ3v) is 1.39. The van der Waals surface area contributed by atoms with Gasteiger partial charge >= 0.3 is 0 Å². The number of epoxide rings is 1. The van der Waals surface area contributed by atoms with Crippen LogP contribution in [0.25, 0.3) is 0 Å². The summed E-state index contributed by atoms with van der Waals surface area (Å²) in [6, 6.07) is 0. The van der Waals surface area contributed by atoms with Crippen molar-refractivity contribution in [1.29, 1.82) is 0 Å². The molecular weight excluding hydrogens is 102 g/mol. The Morgan fingerprint density at radius 3 is 2.62 bits per heavy atom. The van der Waals surface area contributed by atoms with Crippen molar-refractivity contribution < 1.29 is 4.74 Å². The molecule has 2 atom stereocenters. The van der Waals surface area contributed by atoms with Gasteiger partial charge in [0.2, 0.25) is 0 Å². The molecule has 1 heterocycles. The fourth-order valence-electron chi connectivity index (χ4n) is 0.834. The summed E-state index contributed by atoms with van der Waals surface area (Å²) in [4.78, 5) is 0. The fraction of sp³-hybridized carbons (Fsp3) is 1.00. The molecule has 8 heavy (non-hydrogen) atoms. The number of rotatable bonds is 3. The molecule has 48 valence electrons. The van der Waals surface area contributed by atoms with E-state index in [1.54, 1.807) is 0 Å². The van der Waals surface area contributed by atoms with Crippen molar-refractivity contribution in [3.05, 3.63) is 0 Å². The fourth-order valence-corrected chi connectivity index (χ4v) is 0.834. The molecule has 2 nitrogen and oxygen atoms in total. The Balaban J connectivity index is 1.99. The van der Waals surface area contributed by atoms with E-state index in [0.717, 1.165) is 13.0 Å². The molecule has 2 heteroatoms. The van der Waals surface area contributed by atoms with Gasteiger partial charge in [-0.05, 0) is 13.0 Å². The van der Waals surface area contributed by atoms with Gasteiger partial charge in [-0.1, -0.05) is 13.8 Å². The molecule has 0 radical (unpaired) electrons. The molecular formula is C6H13NO. The van der Waals surface area contributed by atoms with Crippen LogP contribution < -0.4 is 5.32 Å². The molecule has 1 rings (SSSR count). The van der Waals surface area contributed by atoms with Crippen molar-refractivity contribution in [2.75, 3.05) is 6.54 Å². The SMILES string of the molecule is CCNC1OC1CC. The van der Waals surface area contributed by atoms with E-state index in [-0.39, 0.29) is 0 Å². The average Bonchev–Trinajstić information content (AvgIpc) is 2.48. The van der Waals surface area contributed by atoms with Crippen LogP contribution in [-0.2, 0) is 4.74 Å². The second-order valence-electron chi connectivity index (χ2n) is 2.06. The Morgan fingerprint density at radius 2 is 2.25 bits per heavy atom. The maximum absolute atomic E-state index is 5.20. The van der Waals surface area contributed by atoms with Gasteiger partial charge in [-0.15, -0.1) is 0 Å². The van der Waals surface area contributed by atoms with Gasteiger partial charge in [-0.2, -0.15) is 0 Å². The van der Waals surface area contributed by atoms with Gasteiger partial charge in [0.25, 0.3) is 0 Å². The topological polar surface area (TPSA) is 24.6 Å². The number of hydrogen-bond donors (Lipinski definition) is 1. The summed E-state index contributed by atoms with van der Waals surface area (Å²) in [5, 5.41) is 3.20. The number of nitrogens with one attached hydrogen (secondary N) is 1. The van der Waals surface area contributed by atoms with Gasteiger partial charge in [-0.25, -0.2) is 0 Å². The minimum absolute atomic E-state index is 0.380. The molecule has 1 saturated heterocycles. The van der Waals surface area contributed by atoms with Crippen LogP contribution in [0.3, 0.4) is 0 Å². The Morgan fingerprint density at radius 1 is 1.50 bits per heavy atom. The maximum Gasteiger partial charge on any atom is 0.135 e. The average molecular weight is 115 g/mol. The predicted molar refractivity (Wildman–Crippen MR) is 32.6 cm³/mol. The van der Waals surface area contributed by atoms with Gasteiger partial charge in [0.05, 0.1) is 6.10 Å². The van der Waals surface area contributed by atoms with E-state index in [1.165, 1.54) is 0 Å². The molecule has 0 aliphatic carbocycles. The lowest BCUT2D eigenvalue weighted by Crippen LogP contribution is -2.18. The summed E-state index contributed by atoms with van der Waals surface area (Å²) < 4.78 is 5.20. The van der Waals surface area contributed by atoms with Crippen LogP contribution in [-0.4, -0.2) is 18.9 Å². The lowest BCUT2D eigenvalue weighted by molar-refractivity contribution is 0.345. The molecule has 0 aromatic rings. The standard InChI is InChI=1S/C6H13NO/c1-3-5-6(8-5)7-4-2/h5-7H,3-4H2,1-2H3. The van der Waals surface area contributed by atoms with Crippen molar-refractivity contribution in [2.24, 2.45) is 0 Å². The van der Waals surface area contributed by atoms with Gasteiger partial charge in [-0.3, -0.25) is 5.32 Å². The van der Waals surface area contributed by atoms with E-state index >= 15 is 0 Å². The first-order chi connectivity index (χ1) is 3.88. The minimum atomic E-state index is 0.380. The van der Waals surface area contributed by atoms with Crippen molar-refractivity contribution in [1.82, 2.24) is 5.32 Å². The van der Waals surface area contributed by atoms with E-state index in [1.807, 2.05) is 0 Å². The molecule has 1 aliphatic rings. The molecule has 0 amide bonds. The maximum atomic E-state index is 5.20. The molecule has 1 aliphatic heterocycles. The number of likely N-dealkylation sites (N-methyl/N-ethyl adjacent to an activating group) is 1. The molecule has 0 aromatic carbocycles. The highest BCUT2D eigenvalue weighted by molar-refractivity contribution is 4.79. The van der Waals surface area contributed by atoms with E-state index < -0.39 is 0 Å². The molecule has 2 unspecified atom stereocenters. The van der Waals surface area contributed by atoms with Crippen LogP contribution in [0.15, 0.2) is 0 Å². The summed E-state index contributed by atoms with van der Waals surface area (Å²) in [6.45, 7) is 5.25. The van der Waals surface area contributed by atoms with Crippen molar-refractivity contribution in [2.45, 2.75) is 32.6 Å². The normalized spacial score (nSPS) is 35.2. The summed E-state index contributed by atoms with van der Waals surface area (Å²) in [5.74, 6) is 0. The van der Waals surface area contributed by atoms with Crippen molar-refractivity contribution in [3.8, 4) is 0 Å². The van der Waals surface area contributed by atoms with Gasteiger partial charge in [0.15, 0.2) is 0 Å². The van der Waals surface area contributed by atoms with E-state index in [9.17, 15) is 0 Å². The number of hydrogen-bond acceptors (Lipinski definition) is 2. The van der Waals surface area contributed by atoms with Crippen molar-refractivity contribution >= 4 is 0 Å². The Labute approximate surface area is 50.2 Å². The van der Waals surface area contributed by atoms with Gasteiger partial charge in [0.1, 0.15) is 6.23 Å². The third-order valence-electron chi connectivity index (χ3n) is 1.39. The van der Waals surface area contributed by atoms with Crippen molar-refractivity contribution in [3.63, 3.8) is 0 Å². The monoisotopic (exact) mass is 115 g/mol. The summed E-state index contributed by atoms with van der Waals surface area (Å²) >= 11 is 0. The van der Waals surface area contributed by atoms with Crippen LogP contribution in [0.1, 0.15) is 20.3 Å². The highest BCUT2D eigenvalue weighted by Crippen LogP contribution is 2.21. The second-order valence-corrected chi connectivity index (χ2v) is 2.06.